The van der Waals surface area contributed by atoms with Gasteiger partial charge in [0.25, 0.3) is 0 Å². The van der Waals surface area contributed by atoms with Gasteiger partial charge >= 0.3 is 0 Å². The van der Waals surface area contributed by atoms with Gasteiger partial charge in [0, 0.05) is 6.61 Å². The van der Waals surface area contributed by atoms with Crippen molar-refractivity contribution in [3.63, 3.8) is 0 Å². The zero-order chi connectivity index (χ0) is 9.80. The molecule has 0 aromatic heterocycles. The first-order valence-electron chi connectivity index (χ1n) is 5.69. The van der Waals surface area contributed by atoms with Gasteiger partial charge in [-0.05, 0) is 18.8 Å². The molecule has 2 unspecified atom stereocenters. The van der Waals surface area contributed by atoms with Crippen molar-refractivity contribution in [3.8, 4) is 0 Å². The Bertz CT molecular complexity index is 169. The van der Waals surface area contributed by atoms with Crippen LogP contribution in [0.5, 0.6) is 0 Å². The minimum atomic E-state index is 0.289. The molecule has 1 saturated carbocycles. The van der Waals surface area contributed by atoms with Crippen LogP contribution >= 0.6 is 15.9 Å². The smallest absolute Gasteiger partial charge is 0.0955 e. The highest BCUT2D eigenvalue weighted by Crippen LogP contribution is 2.25. The molecule has 0 aromatic rings. The van der Waals surface area contributed by atoms with Crippen LogP contribution in [0.15, 0.2) is 0 Å². The van der Waals surface area contributed by atoms with Gasteiger partial charge in [-0.2, -0.15) is 0 Å². The van der Waals surface area contributed by atoms with E-state index < -0.39 is 0 Å². The Labute approximate surface area is 94.5 Å². The molecule has 0 bridgehead atoms. The van der Waals surface area contributed by atoms with Crippen LogP contribution < -0.4 is 0 Å². The summed E-state index contributed by atoms with van der Waals surface area (Å²) in [4.78, 5) is 0.408. The second-order valence-electron chi connectivity index (χ2n) is 4.43. The van der Waals surface area contributed by atoms with Crippen LogP contribution in [-0.2, 0) is 9.47 Å². The van der Waals surface area contributed by atoms with Crippen molar-refractivity contribution in [1.29, 1.82) is 0 Å². The van der Waals surface area contributed by atoms with E-state index >= 15 is 0 Å². The van der Waals surface area contributed by atoms with Crippen LogP contribution in [0.25, 0.3) is 0 Å². The highest BCUT2D eigenvalue weighted by molar-refractivity contribution is 9.09. The standard InChI is InChI=1S/C11H19BrO2/c12-10-7-13-8-11(10)14-6-9-4-2-1-3-5-9/h9-11H,1-8H2. The lowest BCUT2D eigenvalue weighted by Gasteiger charge is -2.23. The van der Waals surface area contributed by atoms with Crippen molar-refractivity contribution in [3.05, 3.63) is 0 Å². The van der Waals surface area contributed by atoms with Gasteiger partial charge in [-0.25, -0.2) is 0 Å². The first-order chi connectivity index (χ1) is 6.86. The lowest BCUT2D eigenvalue weighted by molar-refractivity contribution is 0.0168. The summed E-state index contributed by atoms with van der Waals surface area (Å²) in [6.07, 6.45) is 7.22. The average Bonchev–Trinajstić information content (AvgIpc) is 2.63. The second kappa shape index (κ2) is 5.47. The largest absolute Gasteiger partial charge is 0.377 e. The Hall–Kier alpha value is 0.400. The highest BCUT2D eigenvalue weighted by atomic mass is 79.9. The fourth-order valence-electron chi connectivity index (χ4n) is 2.27. The maximum atomic E-state index is 5.88. The Morgan fingerprint density at radius 2 is 1.93 bits per heavy atom. The first kappa shape index (κ1) is 10.9. The van der Waals surface area contributed by atoms with Crippen molar-refractivity contribution < 1.29 is 9.47 Å². The molecule has 1 aliphatic carbocycles. The number of alkyl halides is 1. The first-order valence-corrected chi connectivity index (χ1v) is 6.61. The van der Waals surface area contributed by atoms with Crippen LogP contribution in [-0.4, -0.2) is 30.8 Å². The summed E-state index contributed by atoms with van der Waals surface area (Å²) in [7, 11) is 0. The van der Waals surface area contributed by atoms with E-state index in [0.717, 1.165) is 25.7 Å². The van der Waals surface area contributed by atoms with Gasteiger partial charge in [-0.1, -0.05) is 35.2 Å². The summed E-state index contributed by atoms with van der Waals surface area (Å²) in [5.41, 5.74) is 0. The number of halogens is 1. The van der Waals surface area contributed by atoms with E-state index in [0.29, 0.717) is 4.83 Å². The lowest BCUT2D eigenvalue weighted by Crippen LogP contribution is -2.26. The summed E-state index contributed by atoms with van der Waals surface area (Å²) in [5.74, 6) is 0.809. The molecule has 2 fully saturated rings. The molecule has 0 aromatic carbocycles. The fourth-order valence-corrected chi connectivity index (χ4v) is 2.77. The maximum Gasteiger partial charge on any atom is 0.0955 e. The Morgan fingerprint density at radius 3 is 2.57 bits per heavy atom. The average molecular weight is 263 g/mol. The van der Waals surface area contributed by atoms with E-state index in [2.05, 4.69) is 15.9 Å². The zero-order valence-corrected chi connectivity index (χ0v) is 10.2. The van der Waals surface area contributed by atoms with E-state index in [-0.39, 0.29) is 6.10 Å². The number of ether oxygens (including phenoxy) is 2. The normalized spacial score (nSPS) is 34.9. The lowest BCUT2D eigenvalue weighted by atomic mass is 9.90. The molecule has 2 atom stereocenters. The van der Waals surface area contributed by atoms with Gasteiger partial charge in [0.15, 0.2) is 0 Å². The highest BCUT2D eigenvalue weighted by Gasteiger charge is 2.27. The zero-order valence-electron chi connectivity index (χ0n) is 8.58. The molecule has 1 aliphatic heterocycles. The maximum absolute atomic E-state index is 5.88. The third-order valence-corrected chi connectivity index (χ3v) is 4.09. The SMILES string of the molecule is BrC1COCC1OCC1CCCCC1. The van der Waals surface area contributed by atoms with Crippen LogP contribution in [0, 0.1) is 5.92 Å². The van der Waals surface area contributed by atoms with E-state index in [1.54, 1.807) is 0 Å². The van der Waals surface area contributed by atoms with Gasteiger partial charge in [0.1, 0.15) is 0 Å². The topological polar surface area (TPSA) is 18.5 Å². The van der Waals surface area contributed by atoms with Crippen LogP contribution in [0.4, 0.5) is 0 Å². The van der Waals surface area contributed by atoms with Crippen molar-refractivity contribution in [1.82, 2.24) is 0 Å². The molecular weight excluding hydrogens is 244 g/mol. The second-order valence-corrected chi connectivity index (χ2v) is 5.61. The molecule has 2 rings (SSSR count). The summed E-state index contributed by atoms with van der Waals surface area (Å²) in [6, 6.07) is 0. The molecule has 0 amide bonds. The summed E-state index contributed by atoms with van der Waals surface area (Å²) in [6.45, 7) is 2.51. The molecular formula is C11H19BrO2. The predicted octanol–water partition coefficient (Wildman–Crippen LogP) is 2.75. The van der Waals surface area contributed by atoms with Crippen molar-refractivity contribution in [2.75, 3.05) is 19.8 Å². The minimum absolute atomic E-state index is 0.289. The van der Waals surface area contributed by atoms with Crippen molar-refractivity contribution in [2.45, 2.75) is 43.0 Å². The van der Waals surface area contributed by atoms with Gasteiger partial charge < -0.3 is 9.47 Å². The van der Waals surface area contributed by atoms with Gasteiger partial charge in [0.2, 0.25) is 0 Å². The molecule has 14 heavy (non-hydrogen) atoms. The monoisotopic (exact) mass is 262 g/mol. The summed E-state index contributed by atoms with van der Waals surface area (Å²) in [5, 5.41) is 0. The molecule has 3 heteroatoms. The predicted molar refractivity (Wildman–Crippen MR) is 59.8 cm³/mol. The van der Waals surface area contributed by atoms with Gasteiger partial charge in [0.05, 0.1) is 24.1 Å². The van der Waals surface area contributed by atoms with E-state index in [9.17, 15) is 0 Å². The number of hydrogen-bond acceptors (Lipinski definition) is 2. The molecule has 2 nitrogen and oxygen atoms in total. The Balaban J connectivity index is 1.65. The van der Waals surface area contributed by atoms with Crippen molar-refractivity contribution >= 4 is 15.9 Å². The van der Waals surface area contributed by atoms with E-state index in [4.69, 9.17) is 9.47 Å². The van der Waals surface area contributed by atoms with Gasteiger partial charge in [-0.15, -0.1) is 0 Å². The molecule has 0 radical (unpaired) electrons. The molecule has 1 saturated heterocycles. The molecule has 0 N–H and O–H groups in total. The summed E-state index contributed by atoms with van der Waals surface area (Å²) >= 11 is 3.58. The molecule has 1 heterocycles. The minimum Gasteiger partial charge on any atom is -0.377 e. The number of hydrogen-bond donors (Lipinski definition) is 0. The van der Waals surface area contributed by atoms with E-state index in [1.807, 2.05) is 0 Å². The van der Waals surface area contributed by atoms with Crippen molar-refractivity contribution in [2.24, 2.45) is 5.92 Å². The molecule has 82 valence electrons. The fraction of sp³-hybridized carbons (Fsp3) is 1.00. The quantitative estimate of drug-likeness (QED) is 0.729. The third kappa shape index (κ3) is 2.94. The Morgan fingerprint density at radius 1 is 1.14 bits per heavy atom. The van der Waals surface area contributed by atoms with E-state index in [1.165, 1.54) is 32.1 Å². The van der Waals surface area contributed by atoms with Crippen LogP contribution in [0.3, 0.4) is 0 Å². The number of rotatable bonds is 3. The van der Waals surface area contributed by atoms with Gasteiger partial charge in [-0.3, -0.25) is 0 Å². The Kier molecular flexibility index (Phi) is 4.26. The molecule has 0 spiro atoms. The third-order valence-electron chi connectivity index (χ3n) is 3.23. The molecule has 2 aliphatic rings. The van der Waals surface area contributed by atoms with Crippen LogP contribution in [0.1, 0.15) is 32.1 Å². The van der Waals surface area contributed by atoms with Crippen LogP contribution in [0.2, 0.25) is 0 Å². The summed E-state index contributed by atoms with van der Waals surface area (Å²) < 4.78 is 11.2.